The predicted octanol–water partition coefficient (Wildman–Crippen LogP) is 0.670. The van der Waals surface area contributed by atoms with Crippen LogP contribution in [0.25, 0.3) is 0 Å². The average Bonchev–Trinajstić information content (AvgIpc) is 2.09. The predicted molar refractivity (Wildman–Crippen MR) is 46.3 cm³/mol. The standard InChI is InChI=1S/C8H8N2O3/c11-5-9-8(13)10-6-3-1-2-4-7(6)12/h1-5,12H,(H2,9,10,11,13). The van der Waals surface area contributed by atoms with Crippen molar-refractivity contribution in [2.75, 3.05) is 5.32 Å². The molecule has 5 heteroatoms. The van der Waals surface area contributed by atoms with Crippen molar-refractivity contribution in [1.29, 1.82) is 0 Å². The highest BCUT2D eigenvalue weighted by molar-refractivity contribution is 5.96. The smallest absolute Gasteiger partial charge is 0.325 e. The van der Waals surface area contributed by atoms with Gasteiger partial charge in [0.1, 0.15) is 5.75 Å². The number of benzene rings is 1. The van der Waals surface area contributed by atoms with E-state index in [1.807, 2.05) is 5.32 Å². The number of nitrogens with one attached hydrogen (secondary N) is 2. The largest absolute Gasteiger partial charge is 0.506 e. The highest BCUT2D eigenvalue weighted by Crippen LogP contribution is 2.20. The summed E-state index contributed by atoms with van der Waals surface area (Å²) in [5, 5.41) is 13.4. The lowest BCUT2D eigenvalue weighted by atomic mass is 10.3. The maximum atomic E-state index is 10.8. The Morgan fingerprint density at radius 2 is 2.08 bits per heavy atom. The molecule has 0 aliphatic carbocycles. The van der Waals surface area contributed by atoms with E-state index >= 15 is 0 Å². The Morgan fingerprint density at radius 1 is 1.38 bits per heavy atom. The Morgan fingerprint density at radius 3 is 2.69 bits per heavy atom. The number of urea groups is 1. The van der Waals surface area contributed by atoms with Crippen molar-refractivity contribution in [2.24, 2.45) is 0 Å². The number of hydrogen-bond donors (Lipinski definition) is 3. The molecular weight excluding hydrogens is 172 g/mol. The highest BCUT2D eigenvalue weighted by Gasteiger charge is 2.02. The molecular formula is C8H8N2O3. The van der Waals surface area contributed by atoms with Gasteiger partial charge < -0.3 is 10.4 Å². The lowest BCUT2D eigenvalue weighted by Gasteiger charge is -2.04. The molecule has 0 saturated heterocycles. The summed E-state index contributed by atoms with van der Waals surface area (Å²) >= 11 is 0. The van der Waals surface area contributed by atoms with Crippen LogP contribution in [0, 0.1) is 0 Å². The molecule has 0 aromatic heterocycles. The zero-order valence-electron chi connectivity index (χ0n) is 6.65. The molecule has 0 saturated carbocycles. The highest BCUT2D eigenvalue weighted by atomic mass is 16.3. The summed E-state index contributed by atoms with van der Waals surface area (Å²) in [4.78, 5) is 20.7. The molecule has 0 radical (unpaired) electrons. The number of rotatable bonds is 2. The summed E-state index contributed by atoms with van der Waals surface area (Å²) in [7, 11) is 0. The molecule has 1 aromatic carbocycles. The van der Waals surface area contributed by atoms with Gasteiger partial charge in [-0.05, 0) is 12.1 Å². The van der Waals surface area contributed by atoms with E-state index in [0.29, 0.717) is 0 Å². The van der Waals surface area contributed by atoms with Gasteiger partial charge in [-0.25, -0.2) is 4.79 Å². The van der Waals surface area contributed by atoms with Crippen molar-refractivity contribution in [3.05, 3.63) is 24.3 Å². The monoisotopic (exact) mass is 180 g/mol. The van der Waals surface area contributed by atoms with Crippen LogP contribution in [0.5, 0.6) is 5.75 Å². The van der Waals surface area contributed by atoms with Gasteiger partial charge in [0, 0.05) is 0 Å². The number of phenolic OH excluding ortho intramolecular Hbond substituents is 1. The van der Waals surface area contributed by atoms with Gasteiger partial charge in [-0.1, -0.05) is 12.1 Å². The van der Waals surface area contributed by atoms with Crippen LogP contribution < -0.4 is 10.6 Å². The third-order valence-electron chi connectivity index (χ3n) is 1.34. The molecule has 13 heavy (non-hydrogen) atoms. The number of imide groups is 1. The number of aromatic hydroxyl groups is 1. The third-order valence-corrected chi connectivity index (χ3v) is 1.34. The van der Waals surface area contributed by atoms with E-state index in [4.69, 9.17) is 0 Å². The molecule has 68 valence electrons. The summed E-state index contributed by atoms with van der Waals surface area (Å²) in [5.74, 6) is -0.0523. The molecule has 0 bridgehead atoms. The zero-order valence-corrected chi connectivity index (χ0v) is 6.65. The van der Waals surface area contributed by atoms with Gasteiger partial charge in [-0.3, -0.25) is 10.1 Å². The molecule has 0 atom stereocenters. The van der Waals surface area contributed by atoms with Gasteiger partial charge in [-0.2, -0.15) is 0 Å². The van der Waals surface area contributed by atoms with Crippen LogP contribution in [0.1, 0.15) is 0 Å². The van der Waals surface area contributed by atoms with Gasteiger partial charge in [0.25, 0.3) is 0 Å². The van der Waals surface area contributed by atoms with Crippen molar-refractivity contribution in [3.8, 4) is 5.75 Å². The van der Waals surface area contributed by atoms with E-state index in [0.717, 1.165) is 0 Å². The first-order valence-corrected chi connectivity index (χ1v) is 3.53. The molecule has 0 aliphatic heterocycles. The Bertz CT molecular complexity index is 325. The van der Waals surface area contributed by atoms with Crippen LogP contribution in [0.4, 0.5) is 10.5 Å². The first kappa shape index (κ1) is 9.05. The molecule has 0 fully saturated rings. The number of carbonyl (C=O) groups is 2. The SMILES string of the molecule is O=CNC(=O)Nc1ccccc1O. The number of amides is 3. The number of hydrogen-bond acceptors (Lipinski definition) is 3. The first-order valence-electron chi connectivity index (χ1n) is 3.53. The molecule has 0 heterocycles. The zero-order chi connectivity index (χ0) is 9.68. The summed E-state index contributed by atoms with van der Waals surface area (Å²) in [6.07, 6.45) is 0.259. The Hall–Kier alpha value is -2.04. The quantitative estimate of drug-likeness (QED) is 0.462. The minimum absolute atomic E-state index is 0.0523. The van der Waals surface area contributed by atoms with E-state index in [-0.39, 0.29) is 17.8 Å². The second-order valence-electron chi connectivity index (χ2n) is 2.23. The summed E-state index contributed by atoms with van der Waals surface area (Å²) in [5.41, 5.74) is 0.252. The Balaban J connectivity index is 2.68. The van der Waals surface area contributed by atoms with Crippen molar-refractivity contribution in [1.82, 2.24) is 5.32 Å². The molecule has 5 nitrogen and oxygen atoms in total. The topological polar surface area (TPSA) is 78.4 Å². The van der Waals surface area contributed by atoms with Gasteiger partial charge in [0.2, 0.25) is 6.41 Å². The number of carbonyl (C=O) groups excluding carboxylic acids is 2. The molecule has 0 unspecified atom stereocenters. The van der Waals surface area contributed by atoms with E-state index in [9.17, 15) is 14.7 Å². The fourth-order valence-corrected chi connectivity index (χ4v) is 0.791. The molecule has 3 amide bonds. The van der Waals surface area contributed by atoms with E-state index in [2.05, 4.69) is 5.32 Å². The van der Waals surface area contributed by atoms with Gasteiger partial charge >= 0.3 is 6.03 Å². The van der Waals surface area contributed by atoms with E-state index in [1.165, 1.54) is 12.1 Å². The minimum atomic E-state index is -0.684. The van der Waals surface area contributed by atoms with Crippen LogP contribution in [0.15, 0.2) is 24.3 Å². The van der Waals surface area contributed by atoms with Crippen LogP contribution in [-0.4, -0.2) is 17.5 Å². The second kappa shape index (κ2) is 4.10. The van der Waals surface area contributed by atoms with Gasteiger partial charge in [0.05, 0.1) is 5.69 Å². The van der Waals surface area contributed by atoms with Gasteiger partial charge in [0.15, 0.2) is 0 Å². The summed E-state index contributed by atoms with van der Waals surface area (Å²) in [6.45, 7) is 0. The minimum Gasteiger partial charge on any atom is -0.506 e. The lowest BCUT2D eigenvalue weighted by molar-refractivity contribution is -0.108. The van der Waals surface area contributed by atoms with Crippen LogP contribution >= 0.6 is 0 Å². The average molecular weight is 180 g/mol. The van der Waals surface area contributed by atoms with Crippen molar-refractivity contribution in [2.45, 2.75) is 0 Å². The fourth-order valence-electron chi connectivity index (χ4n) is 0.791. The summed E-state index contributed by atoms with van der Waals surface area (Å²) < 4.78 is 0. The maximum absolute atomic E-state index is 10.8. The van der Waals surface area contributed by atoms with Crippen molar-refractivity contribution < 1.29 is 14.7 Å². The lowest BCUT2D eigenvalue weighted by Crippen LogP contribution is -2.27. The second-order valence-corrected chi connectivity index (χ2v) is 2.23. The van der Waals surface area contributed by atoms with Crippen LogP contribution in [-0.2, 0) is 4.79 Å². The van der Waals surface area contributed by atoms with E-state index < -0.39 is 6.03 Å². The first-order chi connectivity index (χ1) is 6.24. The van der Waals surface area contributed by atoms with E-state index in [1.54, 1.807) is 12.1 Å². The van der Waals surface area contributed by atoms with Crippen molar-refractivity contribution in [3.63, 3.8) is 0 Å². The molecule has 1 aromatic rings. The van der Waals surface area contributed by atoms with Gasteiger partial charge in [-0.15, -0.1) is 0 Å². The third kappa shape index (κ3) is 2.48. The maximum Gasteiger partial charge on any atom is 0.325 e. The summed E-state index contributed by atoms with van der Waals surface area (Å²) in [6, 6.07) is 5.53. The Kier molecular flexibility index (Phi) is 2.86. The number of para-hydroxylation sites is 2. The fraction of sp³-hybridized carbons (Fsp3) is 0. The molecule has 0 aliphatic rings. The molecule has 1 rings (SSSR count). The Labute approximate surface area is 74.4 Å². The van der Waals surface area contributed by atoms with Crippen LogP contribution in [0.2, 0.25) is 0 Å². The molecule has 3 N–H and O–H groups in total. The number of anilines is 1. The van der Waals surface area contributed by atoms with Crippen molar-refractivity contribution >= 4 is 18.1 Å². The van der Waals surface area contributed by atoms with Crippen LogP contribution in [0.3, 0.4) is 0 Å². The normalized spacial score (nSPS) is 8.92. The molecule has 0 spiro atoms. The number of phenols is 1.